The van der Waals surface area contributed by atoms with Crippen molar-refractivity contribution in [1.29, 1.82) is 0 Å². The lowest BCUT2D eigenvalue weighted by atomic mass is 9.83. The lowest BCUT2D eigenvalue weighted by molar-refractivity contribution is -0.141. The van der Waals surface area contributed by atoms with Crippen molar-refractivity contribution in [1.82, 2.24) is 0 Å². The highest BCUT2D eigenvalue weighted by molar-refractivity contribution is 5.89. The Morgan fingerprint density at radius 3 is 3.06 bits per heavy atom. The second-order valence-corrected chi connectivity index (χ2v) is 3.90. The third kappa shape index (κ3) is 1.62. The van der Waals surface area contributed by atoms with Crippen LogP contribution in [0.3, 0.4) is 0 Å². The maximum absolute atomic E-state index is 11.5. The van der Waals surface area contributed by atoms with Crippen LogP contribution in [-0.2, 0) is 14.3 Å². The summed E-state index contributed by atoms with van der Waals surface area (Å²) in [4.78, 5) is 11.5. The molecule has 0 bridgehead atoms. The van der Waals surface area contributed by atoms with Gasteiger partial charge in [0.05, 0.1) is 31.5 Å². The highest BCUT2D eigenvalue weighted by Gasteiger charge is 2.43. The zero-order valence-corrected chi connectivity index (χ0v) is 8.92. The van der Waals surface area contributed by atoms with Crippen LogP contribution in [0.4, 0.5) is 0 Å². The van der Waals surface area contributed by atoms with Crippen LogP contribution < -0.4 is 0 Å². The molecule has 1 heterocycles. The Kier molecular flexibility index (Phi) is 2.98. The van der Waals surface area contributed by atoms with Gasteiger partial charge in [-0.3, -0.25) is 0 Å². The molecule has 0 radical (unpaired) electrons. The standard InChI is InChI=1S/C11H14O5/c1-15-10(13)8-5-16-11(14)9-6(4-12)2-3-7(8)9/h2,5,7,9,11-12,14H,3-4H2,1H3/t7-,9?,11+/m0/s1. The van der Waals surface area contributed by atoms with Gasteiger partial charge in [-0.1, -0.05) is 6.08 Å². The van der Waals surface area contributed by atoms with E-state index >= 15 is 0 Å². The first-order valence-electron chi connectivity index (χ1n) is 5.10. The summed E-state index contributed by atoms with van der Waals surface area (Å²) in [5, 5.41) is 18.8. The van der Waals surface area contributed by atoms with E-state index in [-0.39, 0.29) is 18.4 Å². The maximum atomic E-state index is 11.5. The Balaban J connectivity index is 2.26. The number of rotatable bonds is 2. The molecule has 0 aromatic heterocycles. The number of carbonyl (C=O) groups is 1. The van der Waals surface area contributed by atoms with Crippen molar-refractivity contribution in [2.75, 3.05) is 13.7 Å². The lowest BCUT2D eigenvalue weighted by Crippen LogP contribution is -2.35. The minimum Gasteiger partial charge on any atom is -0.472 e. The van der Waals surface area contributed by atoms with Crippen molar-refractivity contribution < 1.29 is 24.5 Å². The lowest BCUT2D eigenvalue weighted by Gasteiger charge is -2.31. The number of hydrogen-bond donors (Lipinski definition) is 2. The number of hydrogen-bond acceptors (Lipinski definition) is 5. The third-order valence-corrected chi connectivity index (χ3v) is 3.14. The summed E-state index contributed by atoms with van der Waals surface area (Å²) in [7, 11) is 1.30. The molecule has 0 fully saturated rings. The van der Waals surface area contributed by atoms with Crippen molar-refractivity contribution >= 4 is 5.97 Å². The van der Waals surface area contributed by atoms with Crippen molar-refractivity contribution in [3.8, 4) is 0 Å². The Bertz CT molecular complexity index is 357. The molecule has 0 saturated carbocycles. The van der Waals surface area contributed by atoms with E-state index in [0.717, 1.165) is 0 Å². The predicted octanol–water partition coefficient (Wildman–Crippen LogP) is -0.0533. The molecule has 0 aromatic rings. The number of fused-ring (bicyclic) bond motifs is 1. The predicted molar refractivity (Wildman–Crippen MR) is 54.0 cm³/mol. The van der Waals surface area contributed by atoms with Crippen LogP contribution in [0.2, 0.25) is 0 Å². The van der Waals surface area contributed by atoms with Gasteiger partial charge in [-0.15, -0.1) is 0 Å². The van der Waals surface area contributed by atoms with Crippen LogP contribution in [0.5, 0.6) is 0 Å². The fraction of sp³-hybridized carbons (Fsp3) is 0.545. The normalized spacial score (nSPS) is 32.3. The molecular weight excluding hydrogens is 212 g/mol. The number of methoxy groups -OCH3 is 1. The average Bonchev–Trinajstić information content (AvgIpc) is 2.73. The average molecular weight is 226 g/mol. The van der Waals surface area contributed by atoms with E-state index < -0.39 is 12.3 Å². The maximum Gasteiger partial charge on any atom is 0.337 e. The molecule has 0 aromatic carbocycles. The molecule has 5 heteroatoms. The summed E-state index contributed by atoms with van der Waals surface area (Å²) in [6.07, 6.45) is 2.71. The molecule has 5 nitrogen and oxygen atoms in total. The SMILES string of the molecule is COC(=O)C1=CO[C@@H](O)C2C(CO)=CC[C@@H]12. The molecule has 0 saturated heterocycles. The Hall–Kier alpha value is -1.33. The summed E-state index contributed by atoms with van der Waals surface area (Å²) in [5.41, 5.74) is 1.13. The van der Waals surface area contributed by atoms with E-state index in [9.17, 15) is 9.90 Å². The van der Waals surface area contributed by atoms with Gasteiger partial charge < -0.3 is 19.7 Å². The second-order valence-electron chi connectivity index (χ2n) is 3.90. The molecule has 1 aliphatic heterocycles. The van der Waals surface area contributed by atoms with Crippen LogP contribution in [0.25, 0.3) is 0 Å². The van der Waals surface area contributed by atoms with Gasteiger partial charge in [0.2, 0.25) is 6.29 Å². The summed E-state index contributed by atoms with van der Waals surface area (Å²) >= 11 is 0. The van der Waals surface area contributed by atoms with Crippen LogP contribution in [0.1, 0.15) is 6.42 Å². The van der Waals surface area contributed by atoms with Gasteiger partial charge in [-0.05, 0) is 12.0 Å². The van der Waals surface area contributed by atoms with E-state index in [1.807, 2.05) is 6.08 Å². The molecule has 0 amide bonds. The van der Waals surface area contributed by atoms with Crippen LogP contribution in [0.15, 0.2) is 23.5 Å². The fourth-order valence-corrected chi connectivity index (χ4v) is 2.32. The molecule has 3 atom stereocenters. The first kappa shape index (κ1) is 11.2. The van der Waals surface area contributed by atoms with Crippen molar-refractivity contribution in [2.24, 2.45) is 11.8 Å². The number of ether oxygens (including phenoxy) is 2. The molecule has 2 aliphatic rings. The molecule has 1 aliphatic carbocycles. The molecule has 88 valence electrons. The number of carbonyl (C=O) groups excluding carboxylic acids is 1. The zero-order valence-electron chi connectivity index (χ0n) is 8.92. The minimum atomic E-state index is -1.00. The van der Waals surface area contributed by atoms with Crippen LogP contribution in [-0.4, -0.2) is 36.2 Å². The summed E-state index contributed by atoms with van der Waals surface area (Å²) in [6, 6.07) is 0. The number of aliphatic hydroxyl groups is 2. The van der Waals surface area contributed by atoms with Crippen molar-refractivity contribution in [2.45, 2.75) is 12.7 Å². The van der Waals surface area contributed by atoms with E-state index in [0.29, 0.717) is 17.6 Å². The smallest absolute Gasteiger partial charge is 0.337 e. The molecule has 2 rings (SSSR count). The highest BCUT2D eigenvalue weighted by atomic mass is 16.6. The van der Waals surface area contributed by atoms with Gasteiger partial charge >= 0.3 is 5.97 Å². The monoisotopic (exact) mass is 226 g/mol. The Labute approximate surface area is 93.0 Å². The van der Waals surface area contributed by atoms with Crippen LogP contribution >= 0.6 is 0 Å². The minimum absolute atomic E-state index is 0.129. The van der Waals surface area contributed by atoms with E-state index in [1.165, 1.54) is 13.4 Å². The Morgan fingerprint density at radius 2 is 2.44 bits per heavy atom. The zero-order chi connectivity index (χ0) is 11.7. The van der Waals surface area contributed by atoms with Crippen molar-refractivity contribution in [3.05, 3.63) is 23.5 Å². The highest BCUT2D eigenvalue weighted by Crippen LogP contribution is 2.42. The van der Waals surface area contributed by atoms with Crippen molar-refractivity contribution in [3.63, 3.8) is 0 Å². The van der Waals surface area contributed by atoms with Gasteiger partial charge in [0.1, 0.15) is 0 Å². The number of allylic oxidation sites excluding steroid dienone is 1. The largest absolute Gasteiger partial charge is 0.472 e. The summed E-state index contributed by atoms with van der Waals surface area (Å²) in [6.45, 7) is -0.129. The molecule has 1 unspecified atom stereocenters. The molecular formula is C11H14O5. The van der Waals surface area contributed by atoms with Gasteiger partial charge in [-0.2, -0.15) is 0 Å². The van der Waals surface area contributed by atoms with Gasteiger partial charge in [0.25, 0.3) is 0 Å². The quantitative estimate of drug-likeness (QED) is 0.510. The van der Waals surface area contributed by atoms with Crippen LogP contribution in [0, 0.1) is 11.8 Å². The van der Waals surface area contributed by atoms with E-state index in [2.05, 4.69) is 4.74 Å². The van der Waals surface area contributed by atoms with Gasteiger partial charge in [0.15, 0.2) is 0 Å². The topological polar surface area (TPSA) is 76.0 Å². The molecule has 2 N–H and O–H groups in total. The fourth-order valence-electron chi connectivity index (χ4n) is 2.32. The number of esters is 1. The van der Waals surface area contributed by atoms with E-state index in [4.69, 9.17) is 9.84 Å². The first-order chi connectivity index (χ1) is 7.69. The molecule has 0 spiro atoms. The summed E-state index contributed by atoms with van der Waals surface area (Å²) in [5.74, 6) is -0.947. The van der Waals surface area contributed by atoms with E-state index in [1.54, 1.807) is 0 Å². The van der Waals surface area contributed by atoms with Gasteiger partial charge in [0, 0.05) is 5.92 Å². The molecule has 16 heavy (non-hydrogen) atoms. The first-order valence-corrected chi connectivity index (χ1v) is 5.10. The second kappa shape index (κ2) is 4.27. The van der Waals surface area contributed by atoms with Gasteiger partial charge in [-0.25, -0.2) is 4.79 Å². The Morgan fingerprint density at radius 1 is 1.69 bits per heavy atom. The summed E-state index contributed by atoms with van der Waals surface area (Å²) < 4.78 is 9.65. The third-order valence-electron chi connectivity index (χ3n) is 3.14. The number of aliphatic hydroxyl groups excluding tert-OH is 2.